The summed E-state index contributed by atoms with van der Waals surface area (Å²) in [6.45, 7) is 5.14. The van der Waals surface area contributed by atoms with E-state index >= 15 is 0 Å². The van der Waals surface area contributed by atoms with Crippen molar-refractivity contribution in [2.75, 3.05) is 13.1 Å². The van der Waals surface area contributed by atoms with Crippen LogP contribution < -0.4 is 4.72 Å². The molecule has 134 valence electrons. The first-order chi connectivity index (χ1) is 12.0. The summed E-state index contributed by atoms with van der Waals surface area (Å²) in [4.78, 5) is 14.7. The number of rotatable bonds is 8. The molecule has 0 bridgehead atoms. The van der Waals surface area contributed by atoms with E-state index in [2.05, 4.69) is 4.72 Å². The second-order valence-electron chi connectivity index (χ2n) is 5.74. The third-order valence-corrected chi connectivity index (χ3v) is 5.27. The van der Waals surface area contributed by atoms with E-state index in [1.54, 1.807) is 24.0 Å². The van der Waals surface area contributed by atoms with Gasteiger partial charge in [0, 0.05) is 25.2 Å². The average molecular weight is 360 g/mol. The Balaban J connectivity index is 2.27. The molecule has 25 heavy (non-hydrogen) atoms. The molecule has 1 amide bonds. The third kappa shape index (κ3) is 5.14. The molecule has 0 heterocycles. The maximum atomic E-state index is 12.9. The molecule has 0 radical (unpaired) electrons. The van der Waals surface area contributed by atoms with Crippen LogP contribution in [0.25, 0.3) is 0 Å². The lowest BCUT2D eigenvalue weighted by Crippen LogP contribution is -2.31. The van der Waals surface area contributed by atoms with E-state index in [-0.39, 0.29) is 10.8 Å². The molecule has 5 nitrogen and oxygen atoms in total. The fraction of sp³-hybridized carbons (Fsp3) is 0.316. The van der Waals surface area contributed by atoms with Crippen LogP contribution in [-0.2, 0) is 16.6 Å². The summed E-state index contributed by atoms with van der Waals surface area (Å²) in [6, 6.07) is 15.9. The fourth-order valence-corrected chi connectivity index (χ4v) is 3.66. The van der Waals surface area contributed by atoms with Crippen LogP contribution in [0, 0.1) is 0 Å². The van der Waals surface area contributed by atoms with Gasteiger partial charge in [-0.15, -0.1) is 0 Å². The van der Waals surface area contributed by atoms with E-state index in [9.17, 15) is 13.2 Å². The number of hydrogen-bond acceptors (Lipinski definition) is 3. The van der Waals surface area contributed by atoms with Gasteiger partial charge in [0.1, 0.15) is 0 Å². The second-order valence-corrected chi connectivity index (χ2v) is 7.51. The molecule has 2 aromatic rings. The highest BCUT2D eigenvalue weighted by molar-refractivity contribution is 7.89. The van der Waals surface area contributed by atoms with Crippen LogP contribution in [0.1, 0.15) is 36.2 Å². The summed E-state index contributed by atoms with van der Waals surface area (Å²) in [7, 11) is -3.58. The van der Waals surface area contributed by atoms with Crippen molar-refractivity contribution in [1.82, 2.24) is 9.62 Å². The van der Waals surface area contributed by atoms with Crippen molar-refractivity contribution in [3.8, 4) is 0 Å². The minimum Gasteiger partial charge on any atom is -0.334 e. The van der Waals surface area contributed by atoms with E-state index in [4.69, 9.17) is 0 Å². The lowest BCUT2D eigenvalue weighted by Gasteiger charge is -2.22. The Morgan fingerprint density at radius 2 is 1.76 bits per heavy atom. The quantitative estimate of drug-likeness (QED) is 0.787. The van der Waals surface area contributed by atoms with Crippen molar-refractivity contribution in [1.29, 1.82) is 0 Å². The summed E-state index contributed by atoms with van der Waals surface area (Å²) in [6.07, 6.45) is 0.827. The highest BCUT2D eigenvalue weighted by Crippen LogP contribution is 2.15. The van der Waals surface area contributed by atoms with Crippen molar-refractivity contribution in [2.45, 2.75) is 31.7 Å². The SMILES string of the molecule is CCCN(Cc1ccccc1)C(=O)c1cccc(S(=O)(=O)NCC)c1. The number of sulfonamides is 1. The Labute approximate surface area is 149 Å². The minimum atomic E-state index is -3.58. The zero-order chi connectivity index (χ0) is 18.3. The average Bonchev–Trinajstić information content (AvgIpc) is 2.62. The summed E-state index contributed by atoms with van der Waals surface area (Å²) in [5, 5.41) is 0. The number of nitrogens with zero attached hydrogens (tertiary/aromatic N) is 1. The topological polar surface area (TPSA) is 66.5 Å². The lowest BCUT2D eigenvalue weighted by molar-refractivity contribution is 0.0743. The van der Waals surface area contributed by atoms with Gasteiger partial charge in [0.25, 0.3) is 5.91 Å². The predicted octanol–water partition coefficient (Wildman–Crippen LogP) is 3.04. The molecule has 0 aromatic heterocycles. The largest absolute Gasteiger partial charge is 0.334 e. The Morgan fingerprint density at radius 1 is 1.04 bits per heavy atom. The summed E-state index contributed by atoms with van der Waals surface area (Å²) >= 11 is 0. The van der Waals surface area contributed by atoms with Gasteiger partial charge in [-0.05, 0) is 30.2 Å². The molecule has 0 fully saturated rings. The van der Waals surface area contributed by atoms with Crippen LogP contribution in [0.4, 0.5) is 0 Å². The molecular weight excluding hydrogens is 336 g/mol. The maximum Gasteiger partial charge on any atom is 0.254 e. The molecule has 0 unspecified atom stereocenters. The van der Waals surface area contributed by atoms with Crippen molar-refractivity contribution >= 4 is 15.9 Å². The number of nitrogens with one attached hydrogen (secondary N) is 1. The molecule has 0 spiro atoms. The third-order valence-electron chi connectivity index (χ3n) is 3.72. The van der Waals surface area contributed by atoms with Crippen molar-refractivity contribution in [2.24, 2.45) is 0 Å². The molecule has 0 atom stereocenters. The van der Waals surface area contributed by atoms with Gasteiger partial charge in [0.15, 0.2) is 0 Å². The molecule has 2 aromatic carbocycles. The Morgan fingerprint density at radius 3 is 2.40 bits per heavy atom. The van der Waals surface area contributed by atoms with Gasteiger partial charge in [-0.2, -0.15) is 0 Å². The molecule has 0 aliphatic rings. The van der Waals surface area contributed by atoms with Crippen LogP contribution >= 0.6 is 0 Å². The summed E-state index contributed by atoms with van der Waals surface area (Å²) < 4.78 is 26.8. The Bertz CT molecular complexity index is 804. The highest BCUT2D eigenvalue weighted by atomic mass is 32.2. The summed E-state index contributed by atoms with van der Waals surface area (Å²) in [5.74, 6) is -0.167. The molecule has 0 saturated heterocycles. The normalized spacial score (nSPS) is 11.3. The lowest BCUT2D eigenvalue weighted by atomic mass is 10.1. The monoisotopic (exact) mass is 360 g/mol. The highest BCUT2D eigenvalue weighted by Gasteiger charge is 2.19. The predicted molar refractivity (Wildman–Crippen MR) is 98.8 cm³/mol. The number of carbonyl (C=O) groups excluding carboxylic acids is 1. The van der Waals surface area contributed by atoms with E-state index in [1.807, 2.05) is 37.3 Å². The fourth-order valence-electron chi connectivity index (χ4n) is 2.58. The Hall–Kier alpha value is -2.18. The van der Waals surface area contributed by atoms with Crippen molar-refractivity contribution < 1.29 is 13.2 Å². The first-order valence-electron chi connectivity index (χ1n) is 8.41. The van der Waals surface area contributed by atoms with E-state index in [1.165, 1.54) is 12.1 Å². The van der Waals surface area contributed by atoms with E-state index < -0.39 is 10.0 Å². The van der Waals surface area contributed by atoms with Crippen LogP contribution in [0.3, 0.4) is 0 Å². The number of hydrogen-bond donors (Lipinski definition) is 1. The molecule has 2 rings (SSSR count). The van der Waals surface area contributed by atoms with Crippen LogP contribution in [-0.4, -0.2) is 32.3 Å². The van der Waals surface area contributed by atoms with Crippen molar-refractivity contribution in [3.63, 3.8) is 0 Å². The second kappa shape index (κ2) is 8.78. The van der Waals surface area contributed by atoms with Gasteiger partial charge < -0.3 is 4.90 Å². The van der Waals surface area contributed by atoms with Gasteiger partial charge >= 0.3 is 0 Å². The zero-order valence-electron chi connectivity index (χ0n) is 14.6. The smallest absolute Gasteiger partial charge is 0.254 e. The standard InChI is InChI=1S/C19H24N2O3S/c1-3-13-21(15-16-9-6-5-7-10-16)19(22)17-11-8-12-18(14-17)25(23,24)20-4-2/h5-12,14,20H,3-4,13,15H2,1-2H3. The maximum absolute atomic E-state index is 12.9. The van der Waals surface area contributed by atoms with Gasteiger partial charge in [-0.25, -0.2) is 13.1 Å². The van der Waals surface area contributed by atoms with Crippen molar-refractivity contribution in [3.05, 3.63) is 65.7 Å². The molecule has 0 aliphatic heterocycles. The molecule has 0 saturated carbocycles. The van der Waals surface area contributed by atoms with Gasteiger partial charge in [-0.3, -0.25) is 4.79 Å². The Kier molecular flexibility index (Phi) is 6.73. The van der Waals surface area contributed by atoms with Gasteiger partial charge in [0.2, 0.25) is 10.0 Å². The van der Waals surface area contributed by atoms with Gasteiger partial charge in [0.05, 0.1) is 4.90 Å². The molecule has 1 N–H and O–H groups in total. The zero-order valence-corrected chi connectivity index (χ0v) is 15.4. The summed E-state index contributed by atoms with van der Waals surface area (Å²) in [5.41, 5.74) is 1.42. The first kappa shape index (κ1) is 19.1. The minimum absolute atomic E-state index is 0.108. The number of carbonyl (C=O) groups is 1. The van der Waals surface area contributed by atoms with Crippen LogP contribution in [0.15, 0.2) is 59.5 Å². The van der Waals surface area contributed by atoms with E-state index in [0.717, 1.165) is 12.0 Å². The molecular formula is C19H24N2O3S. The van der Waals surface area contributed by atoms with Crippen LogP contribution in [0.2, 0.25) is 0 Å². The number of benzene rings is 2. The first-order valence-corrected chi connectivity index (χ1v) is 9.89. The number of amides is 1. The van der Waals surface area contributed by atoms with Crippen LogP contribution in [0.5, 0.6) is 0 Å². The van der Waals surface area contributed by atoms with E-state index in [0.29, 0.717) is 25.2 Å². The van der Waals surface area contributed by atoms with Gasteiger partial charge in [-0.1, -0.05) is 50.2 Å². The molecule has 6 heteroatoms. The molecule has 0 aliphatic carbocycles.